The number of aromatic nitrogens is 1. The fourth-order valence-electron chi connectivity index (χ4n) is 0.297. The van der Waals surface area contributed by atoms with Crippen LogP contribution in [-0.4, -0.2) is 0 Å². The lowest BCUT2D eigenvalue weighted by atomic mass is 10.9. The van der Waals surface area contributed by atoms with Gasteiger partial charge in [0, 0.05) is 0 Å². The minimum atomic E-state index is 0. The zero-order chi connectivity index (χ0) is 4.41. The molecule has 0 fully saturated rings. The van der Waals surface area contributed by atoms with Crippen molar-refractivity contribution in [2.24, 2.45) is 7.05 Å². The third-order valence-corrected chi connectivity index (χ3v) is 0.602. The number of hydrogen-bond donors (Lipinski definition) is 0. The Bertz CT molecular complexity index is 115. The van der Waals surface area contributed by atoms with Crippen LogP contribution in [0.5, 0.6) is 0 Å². The molecule has 0 aliphatic carbocycles. The van der Waals surface area contributed by atoms with Gasteiger partial charge in [0.15, 0.2) is 6.26 Å². The van der Waals surface area contributed by atoms with Gasteiger partial charge in [0.05, 0.1) is 0 Å². The number of hydrogen-bond acceptors (Lipinski definition) is 1. The Labute approximate surface area is 59.2 Å². The van der Waals surface area contributed by atoms with Crippen molar-refractivity contribution in [3.05, 3.63) is 18.9 Å². The standard InChI is InChI=1S/C4H6NO.HI/c1-5-2-3-6-4-5;/h2-4H,1H3;1H/q+1;/p-1. The molecule has 0 amide bonds. The number of rotatable bonds is 0. The van der Waals surface area contributed by atoms with Gasteiger partial charge in [-0.05, 0) is 0 Å². The molecule has 2 nitrogen and oxygen atoms in total. The van der Waals surface area contributed by atoms with Gasteiger partial charge < -0.3 is 28.4 Å². The Morgan fingerprint density at radius 3 is 2.43 bits per heavy atom. The van der Waals surface area contributed by atoms with Crippen LogP contribution in [0.4, 0.5) is 0 Å². The maximum atomic E-state index is 4.68. The summed E-state index contributed by atoms with van der Waals surface area (Å²) in [4.78, 5) is 0. The van der Waals surface area contributed by atoms with Gasteiger partial charge in [-0.1, -0.05) is 0 Å². The van der Waals surface area contributed by atoms with Crippen LogP contribution in [0, 0.1) is 0 Å². The van der Waals surface area contributed by atoms with Crippen molar-refractivity contribution in [2.75, 3.05) is 0 Å². The fourth-order valence-corrected chi connectivity index (χ4v) is 0.297. The number of aryl methyl sites for hydroxylation is 1. The summed E-state index contributed by atoms with van der Waals surface area (Å²) in [5.74, 6) is 0. The van der Waals surface area contributed by atoms with E-state index in [2.05, 4.69) is 4.42 Å². The Hall–Kier alpha value is -0.0600. The SMILES string of the molecule is C[n+]1ccoc1.[I-]. The van der Waals surface area contributed by atoms with Gasteiger partial charge in [0.25, 0.3) is 0 Å². The van der Waals surface area contributed by atoms with Crippen molar-refractivity contribution in [3.63, 3.8) is 0 Å². The van der Waals surface area contributed by atoms with Gasteiger partial charge in [-0.15, -0.1) is 0 Å². The molecule has 0 saturated carbocycles. The lowest BCUT2D eigenvalue weighted by molar-refractivity contribution is -0.674. The molecule has 0 radical (unpaired) electrons. The smallest absolute Gasteiger partial charge is 0.334 e. The van der Waals surface area contributed by atoms with Crippen LogP contribution >= 0.6 is 0 Å². The van der Waals surface area contributed by atoms with Crippen molar-refractivity contribution in [1.29, 1.82) is 0 Å². The monoisotopic (exact) mass is 211 g/mol. The minimum absolute atomic E-state index is 0. The summed E-state index contributed by atoms with van der Waals surface area (Å²) in [6.07, 6.45) is 5.08. The summed E-state index contributed by atoms with van der Waals surface area (Å²) in [5, 5.41) is 0. The summed E-state index contributed by atoms with van der Waals surface area (Å²) in [6, 6.07) is 0. The second-order valence-corrected chi connectivity index (χ2v) is 1.19. The third kappa shape index (κ3) is 1.91. The summed E-state index contributed by atoms with van der Waals surface area (Å²) in [5.41, 5.74) is 0. The van der Waals surface area contributed by atoms with E-state index < -0.39 is 0 Å². The van der Waals surface area contributed by atoms with Crippen LogP contribution < -0.4 is 28.5 Å². The molecule has 1 aromatic rings. The van der Waals surface area contributed by atoms with Crippen LogP contribution in [0.15, 0.2) is 23.3 Å². The second-order valence-electron chi connectivity index (χ2n) is 1.19. The first-order valence-corrected chi connectivity index (χ1v) is 1.77. The fraction of sp³-hybridized carbons (Fsp3) is 0.250. The van der Waals surface area contributed by atoms with Crippen LogP contribution in [0.2, 0.25) is 0 Å². The van der Waals surface area contributed by atoms with E-state index in [1.54, 1.807) is 12.7 Å². The molecule has 40 valence electrons. The first-order chi connectivity index (χ1) is 2.89. The van der Waals surface area contributed by atoms with Crippen molar-refractivity contribution < 1.29 is 33.0 Å². The average molecular weight is 211 g/mol. The summed E-state index contributed by atoms with van der Waals surface area (Å²) < 4.78 is 6.51. The molecular formula is C4H6INO. The highest BCUT2D eigenvalue weighted by atomic mass is 127. The zero-order valence-corrected chi connectivity index (χ0v) is 6.12. The predicted octanol–water partition coefficient (Wildman–Crippen LogP) is -2.89. The average Bonchev–Trinajstić information content (AvgIpc) is 1.86. The van der Waals surface area contributed by atoms with E-state index in [0.717, 1.165) is 0 Å². The molecule has 1 rings (SSSR count). The topological polar surface area (TPSA) is 17.0 Å². The zero-order valence-electron chi connectivity index (χ0n) is 3.97. The molecule has 0 bridgehead atoms. The van der Waals surface area contributed by atoms with Gasteiger partial charge >= 0.3 is 6.39 Å². The highest BCUT2D eigenvalue weighted by Crippen LogP contribution is 1.69. The largest absolute Gasteiger partial charge is 1.00 e. The quantitative estimate of drug-likeness (QED) is 0.332. The molecule has 0 aliphatic rings. The molecule has 0 aromatic carbocycles. The van der Waals surface area contributed by atoms with Crippen LogP contribution in [0.25, 0.3) is 0 Å². The minimum Gasteiger partial charge on any atom is -1.00 e. The summed E-state index contributed by atoms with van der Waals surface area (Å²) >= 11 is 0. The van der Waals surface area contributed by atoms with Crippen molar-refractivity contribution in [2.45, 2.75) is 0 Å². The van der Waals surface area contributed by atoms with Crippen molar-refractivity contribution >= 4 is 0 Å². The molecule has 0 saturated heterocycles. The van der Waals surface area contributed by atoms with Crippen LogP contribution in [0.1, 0.15) is 0 Å². The lowest BCUT2D eigenvalue weighted by Gasteiger charge is -1.60. The Morgan fingerprint density at radius 2 is 2.29 bits per heavy atom. The van der Waals surface area contributed by atoms with Crippen molar-refractivity contribution in [3.8, 4) is 0 Å². The molecule has 0 atom stereocenters. The molecule has 1 heterocycles. The van der Waals surface area contributed by atoms with E-state index in [-0.39, 0.29) is 24.0 Å². The van der Waals surface area contributed by atoms with E-state index in [1.165, 1.54) is 0 Å². The van der Waals surface area contributed by atoms with Gasteiger partial charge in [0.2, 0.25) is 6.20 Å². The molecule has 0 N–H and O–H groups in total. The number of oxazole rings is 1. The predicted molar refractivity (Wildman–Crippen MR) is 19.9 cm³/mol. The van der Waals surface area contributed by atoms with Gasteiger partial charge in [-0.3, -0.25) is 0 Å². The Balaban J connectivity index is 0.000000360. The van der Waals surface area contributed by atoms with E-state index in [1.807, 2.05) is 17.8 Å². The normalized spacial score (nSPS) is 7.57. The number of nitrogens with zero attached hydrogens (tertiary/aromatic N) is 1. The molecule has 0 unspecified atom stereocenters. The summed E-state index contributed by atoms with van der Waals surface area (Å²) in [7, 11) is 1.91. The highest BCUT2D eigenvalue weighted by Gasteiger charge is 1.83. The maximum Gasteiger partial charge on any atom is 0.334 e. The summed E-state index contributed by atoms with van der Waals surface area (Å²) in [6.45, 7) is 0. The molecular weight excluding hydrogens is 205 g/mol. The molecule has 0 aliphatic heterocycles. The first kappa shape index (κ1) is 6.94. The lowest BCUT2D eigenvalue weighted by Crippen LogP contribution is -3.00. The Morgan fingerprint density at radius 1 is 1.57 bits per heavy atom. The van der Waals surface area contributed by atoms with Gasteiger partial charge in [-0.2, -0.15) is 4.57 Å². The van der Waals surface area contributed by atoms with Gasteiger partial charge in [0.1, 0.15) is 7.05 Å². The molecule has 3 heteroatoms. The highest BCUT2D eigenvalue weighted by molar-refractivity contribution is 4.44. The second kappa shape index (κ2) is 3.01. The van der Waals surface area contributed by atoms with Crippen LogP contribution in [-0.2, 0) is 7.05 Å². The first-order valence-electron chi connectivity index (χ1n) is 1.77. The van der Waals surface area contributed by atoms with Crippen molar-refractivity contribution in [1.82, 2.24) is 0 Å². The van der Waals surface area contributed by atoms with Crippen LogP contribution in [0.3, 0.4) is 0 Å². The van der Waals surface area contributed by atoms with E-state index >= 15 is 0 Å². The maximum absolute atomic E-state index is 4.68. The van der Waals surface area contributed by atoms with E-state index in [4.69, 9.17) is 0 Å². The van der Waals surface area contributed by atoms with Gasteiger partial charge in [-0.25, -0.2) is 0 Å². The molecule has 7 heavy (non-hydrogen) atoms. The Kier molecular flexibility index (Phi) is 2.98. The number of halogens is 1. The van der Waals surface area contributed by atoms with E-state index in [0.29, 0.717) is 0 Å². The molecule has 0 spiro atoms. The molecule has 1 aromatic heterocycles. The van der Waals surface area contributed by atoms with E-state index in [9.17, 15) is 0 Å². The third-order valence-electron chi connectivity index (χ3n) is 0.602.